The molecule has 30 heavy (non-hydrogen) atoms. The summed E-state index contributed by atoms with van der Waals surface area (Å²) in [6.07, 6.45) is 0. The van der Waals surface area contributed by atoms with E-state index in [1.54, 1.807) is 13.8 Å². The fraction of sp³-hybridized carbons (Fsp3) is 0.238. The van der Waals surface area contributed by atoms with Gasteiger partial charge in [0.1, 0.15) is 5.76 Å². The predicted molar refractivity (Wildman–Crippen MR) is 113 cm³/mol. The molecule has 0 aliphatic rings. The molecule has 3 aromatic rings. The second-order valence-electron chi connectivity index (χ2n) is 6.75. The number of hydrogen-bond acceptors (Lipinski definition) is 6. The molecule has 0 unspecified atom stereocenters. The number of aryl methyl sites for hydroxylation is 1. The SMILES string of the molecule is COC[C@H](C)NS(=O)(=O)c1ccc(NC(=O)c2nc(-c3ccccc3)oc2C)cc1. The van der Waals surface area contributed by atoms with Crippen LogP contribution in [0.1, 0.15) is 23.2 Å². The van der Waals surface area contributed by atoms with Crippen molar-refractivity contribution < 1.29 is 22.4 Å². The number of hydrogen-bond donors (Lipinski definition) is 2. The quantitative estimate of drug-likeness (QED) is 0.569. The number of carbonyl (C=O) groups is 1. The number of nitrogens with zero attached hydrogens (tertiary/aromatic N) is 1. The van der Waals surface area contributed by atoms with E-state index in [1.807, 2.05) is 30.3 Å². The maximum atomic E-state index is 12.6. The minimum absolute atomic E-state index is 0.0902. The Hall–Kier alpha value is -3.01. The van der Waals surface area contributed by atoms with Crippen LogP contribution >= 0.6 is 0 Å². The van der Waals surface area contributed by atoms with Gasteiger partial charge < -0.3 is 14.5 Å². The van der Waals surface area contributed by atoms with Crippen LogP contribution in [0.4, 0.5) is 5.69 Å². The molecular weight excluding hydrogens is 406 g/mol. The number of nitrogens with one attached hydrogen (secondary N) is 2. The van der Waals surface area contributed by atoms with Crippen LogP contribution in [0, 0.1) is 6.92 Å². The van der Waals surface area contributed by atoms with Crippen molar-refractivity contribution in [2.45, 2.75) is 24.8 Å². The van der Waals surface area contributed by atoms with Crippen LogP contribution in [0.3, 0.4) is 0 Å². The number of methoxy groups -OCH3 is 1. The molecule has 3 rings (SSSR count). The highest BCUT2D eigenvalue weighted by Crippen LogP contribution is 2.22. The Morgan fingerprint density at radius 3 is 2.43 bits per heavy atom. The molecule has 0 bridgehead atoms. The summed E-state index contributed by atoms with van der Waals surface area (Å²) in [5.74, 6) is 0.304. The number of benzene rings is 2. The molecule has 0 spiro atoms. The number of sulfonamides is 1. The molecule has 2 aromatic carbocycles. The lowest BCUT2D eigenvalue weighted by Crippen LogP contribution is -2.35. The van der Waals surface area contributed by atoms with Crippen LogP contribution in [0.25, 0.3) is 11.5 Å². The van der Waals surface area contributed by atoms with Crippen LogP contribution < -0.4 is 10.0 Å². The van der Waals surface area contributed by atoms with Crippen LogP contribution in [0.5, 0.6) is 0 Å². The largest absolute Gasteiger partial charge is 0.441 e. The zero-order valence-corrected chi connectivity index (χ0v) is 17.7. The highest BCUT2D eigenvalue weighted by Gasteiger charge is 2.20. The van der Waals surface area contributed by atoms with Crippen molar-refractivity contribution >= 4 is 21.6 Å². The van der Waals surface area contributed by atoms with Crippen molar-refractivity contribution in [2.24, 2.45) is 0 Å². The minimum Gasteiger partial charge on any atom is -0.441 e. The van der Waals surface area contributed by atoms with Gasteiger partial charge in [0.05, 0.1) is 11.5 Å². The fourth-order valence-electron chi connectivity index (χ4n) is 2.84. The van der Waals surface area contributed by atoms with E-state index in [2.05, 4.69) is 15.0 Å². The van der Waals surface area contributed by atoms with E-state index >= 15 is 0 Å². The standard InChI is InChI=1S/C21H23N3O5S/c1-14(13-28-3)24-30(26,27)18-11-9-17(10-12-18)22-20(25)19-15(2)29-21(23-19)16-7-5-4-6-8-16/h4-12,14,24H,13H2,1-3H3,(H,22,25)/t14-/m0/s1. The Kier molecular flexibility index (Phi) is 6.66. The zero-order valence-electron chi connectivity index (χ0n) is 16.9. The molecule has 9 heteroatoms. The molecule has 1 heterocycles. The van der Waals surface area contributed by atoms with E-state index in [9.17, 15) is 13.2 Å². The fourth-order valence-corrected chi connectivity index (χ4v) is 4.06. The number of oxazole rings is 1. The first kappa shape index (κ1) is 21.7. The van der Waals surface area contributed by atoms with Crippen LogP contribution in [-0.2, 0) is 14.8 Å². The number of aromatic nitrogens is 1. The topological polar surface area (TPSA) is 111 Å². The van der Waals surface area contributed by atoms with Crippen molar-refractivity contribution in [3.05, 3.63) is 66.1 Å². The third kappa shape index (κ3) is 5.12. The number of carbonyl (C=O) groups excluding carboxylic acids is 1. The number of anilines is 1. The third-order valence-electron chi connectivity index (χ3n) is 4.23. The summed E-state index contributed by atoms with van der Waals surface area (Å²) in [5.41, 5.74) is 1.37. The van der Waals surface area contributed by atoms with Crippen LogP contribution in [0.15, 0.2) is 63.9 Å². The summed E-state index contributed by atoms with van der Waals surface area (Å²) in [7, 11) is -2.18. The summed E-state index contributed by atoms with van der Waals surface area (Å²) in [4.78, 5) is 17.0. The van der Waals surface area contributed by atoms with E-state index in [4.69, 9.17) is 9.15 Å². The van der Waals surface area contributed by atoms with E-state index in [0.717, 1.165) is 5.56 Å². The molecule has 158 valence electrons. The van der Waals surface area contributed by atoms with E-state index in [1.165, 1.54) is 31.4 Å². The van der Waals surface area contributed by atoms with Crippen molar-refractivity contribution in [1.82, 2.24) is 9.71 Å². The first-order chi connectivity index (χ1) is 14.3. The number of rotatable bonds is 8. The Morgan fingerprint density at radius 1 is 1.13 bits per heavy atom. The molecule has 0 aliphatic carbocycles. The summed E-state index contributed by atoms with van der Waals surface area (Å²) >= 11 is 0. The van der Waals surface area contributed by atoms with Crippen molar-refractivity contribution in [2.75, 3.05) is 19.0 Å². The molecule has 1 aromatic heterocycles. The van der Waals surface area contributed by atoms with Gasteiger partial charge in [0.25, 0.3) is 5.91 Å². The first-order valence-electron chi connectivity index (χ1n) is 9.25. The first-order valence-corrected chi connectivity index (χ1v) is 10.7. The monoisotopic (exact) mass is 429 g/mol. The maximum absolute atomic E-state index is 12.6. The molecule has 0 radical (unpaired) electrons. The molecule has 0 fully saturated rings. The van der Waals surface area contributed by atoms with Gasteiger partial charge in [0, 0.05) is 24.4 Å². The molecule has 2 N–H and O–H groups in total. The minimum atomic E-state index is -3.68. The van der Waals surface area contributed by atoms with Crippen LogP contribution in [-0.4, -0.2) is 39.1 Å². The number of ether oxygens (including phenoxy) is 1. The molecule has 0 saturated heterocycles. The summed E-state index contributed by atoms with van der Waals surface area (Å²) in [6, 6.07) is 14.8. The highest BCUT2D eigenvalue weighted by molar-refractivity contribution is 7.89. The maximum Gasteiger partial charge on any atom is 0.277 e. The summed E-state index contributed by atoms with van der Waals surface area (Å²) in [6.45, 7) is 3.63. The van der Waals surface area contributed by atoms with Gasteiger partial charge in [-0.2, -0.15) is 0 Å². The smallest absolute Gasteiger partial charge is 0.277 e. The van der Waals surface area contributed by atoms with Gasteiger partial charge in [0.15, 0.2) is 5.69 Å². The second-order valence-corrected chi connectivity index (χ2v) is 8.46. The Bertz CT molecular complexity index is 1110. The van der Waals surface area contributed by atoms with Gasteiger partial charge in [0.2, 0.25) is 15.9 Å². The average molecular weight is 429 g/mol. The number of amides is 1. The van der Waals surface area contributed by atoms with Gasteiger partial charge in [-0.25, -0.2) is 18.1 Å². The molecule has 1 atom stereocenters. The van der Waals surface area contributed by atoms with Crippen molar-refractivity contribution in [3.8, 4) is 11.5 Å². The van der Waals surface area contributed by atoms with Gasteiger partial charge >= 0.3 is 0 Å². The molecule has 0 saturated carbocycles. The molecule has 0 aliphatic heterocycles. The second kappa shape index (κ2) is 9.21. The van der Waals surface area contributed by atoms with Gasteiger partial charge in [-0.3, -0.25) is 4.79 Å². The Labute approximate surface area is 175 Å². The van der Waals surface area contributed by atoms with E-state index in [0.29, 0.717) is 17.3 Å². The predicted octanol–water partition coefficient (Wildman–Crippen LogP) is 3.22. The molecule has 1 amide bonds. The van der Waals surface area contributed by atoms with Gasteiger partial charge in [-0.05, 0) is 50.2 Å². The van der Waals surface area contributed by atoms with E-state index in [-0.39, 0.29) is 23.2 Å². The van der Waals surface area contributed by atoms with Crippen molar-refractivity contribution in [1.29, 1.82) is 0 Å². The lowest BCUT2D eigenvalue weighted by atomic mass is 10.2. The lowest BCUT2D eigenvalue weighted by Gasteiger charge is -2.13. The Balaban J connectivity index is 1.72. The summed E-state index contributed by atoms with van der Waals surface area (Å²) < 4.78 is 37.8. The van der Waals surface area contributed by atoms with Crippen molar-refractivity contribution in [3.63, 3.8) is 0 Å². The van der Waals surface area contributed by atoms with Gasteiger partial charge in [-0.1, -0.05) is 18.2 Å². The van der Waals surface area contributed by atoms with Gasteiger partial charge in [-0.15, -0.1) is 0 Å². The average Bonchev–Trinajstić information content (AvgIpc) is 3.11. The normalized spacial score (nSPS) is 12.5. The van der Waals surface area contributed by atoms with E-state index < -0.39 is 15.9 Å². The Morgan fingerprint density at radius 2 is 1.80 bits per heavy atom. The summed E-state index contributed by atoms with van der Waals surface area (Å²) in [5, 5.41) is 2.71. The third-order valence-corrected chi connectivity index (χ3v) is 5.83. The molecular formula is C21H23N3O5S. The van der Waals surface area contributed by atoms with Crippen LogP contribution in [0.2, 0.25) is 0 Å². The lowest BCUT2D eigenvalue weighted by molar-refractivity contribution is 0.102. The molecule has 8 nitrogen and oxygen atoms in total. The zero-order chi connectivity index (χ0) is 21.7. The highest BCUT2D eigenvalue weighted by atomic mass is 32.2.